The molecule has 1 aromatic carbocycles. The first-order valence-corrected chi connectivity index (χ1v) is 6.71. The summed E-state index contributed by atoms with van der Waals surface area (Å²) in [6.45, 7) is 4.14. The lowest BCUT2D eigenvalue weighted by Gasteiger charge is -2.22. The first-order valence-electron chi connectivity index (χ1n) is 6.71. The molecule has 1 N–H and O–H groups in total. The lowest BCUT2D eigenvalue weighted by Crippen LogP contribution is -2.33. The highest BCUT2D eigenvalue weighted by Gasteiger charge is 2.45. The molecule has 1 unspecified atom stereocenters. The Morgan fingerprint density at radius 3 is 2.95 bits per heavy atom. The molecule has 4 heteroatoms. The van der Waals surface area contributed by atoms with Gasteiger partial charge in [0.15, 0.2) is 0 Å². The van der Waals surface area contributed by atoms with Crippen LogP contribution in [0.1, 0.15) is 28.8 Å². The van der Waals surface area contributed by atoms with Crippen molar-refractivity contribution in [2.24, 2.45) is 5.41 Å². The molecule has 0 saturated carbocycles. The zero-order chi connectivity index (χ0) is 13.5. The van der Waals surface area contributed by atoms with Gasteiger partial charge in [0.1, 0.15) is 0 Å². The van der Waals surface area contributed by atoms with Crippen molar-refractivity contribution in [2.45, 2.75) is 19.8 Å². The lowest BCUT2D eigenvalue weighted by atomic mass is 9.86. The maximum Gasteiger partial charge on any atom is 0.253 e. The number of nitrogens with one attached hydrogen (secondary N) is 1. The van der Waals surface area contributed by atoms with E-state index < -0.39 is 0 Å². The summed E-state index contributed by atoms with van der Waals surface area (Å²) in [7, 11) is 0. The molecule has 2 fully saturated rings. The predicted molar refractivity (Wildman–Crippen MR) is 71.8 cm³/mol. The Hall–Kier alpha value is -1.84. The topological polar surface area (TPSA) is 49.4 Å². The second-order valence-electron chi connectivity index (χ2n) is 5.80. The number of hydrogen-bond acceptors (Lipinski definition) is 2. The van der Waals surface area contributed by atoms with Crippen LogP contribution in [-0.4, -0.2) is 36.3 Å². The van der Waals surface area contributed by atoms with E-state index in [9.17, 15) is 9.59 Å². The molecule has 0 aromatic heterocycles. The van der Waals surface area contributed by atoms with Crippen LogP contribution in [0.4, 0.5) is 0 Å². The summed E-state index contributed by atoms with van der Waals surface area (Å²) in [6, 6.07) is 7.68. The Morgan fingerprint density at radius 2 is 2.26 bits per heavy atom. The van der Waals surface area contributed by atoms with Gasteiger partial charge in [-0.3, -0.25) is 9.59 Å². The number of amides is 2. The van der Waals surface area contributed by atoms with Crippen LogP contribution in [0.3, 0.4) is 0 Å². The van der Waals surface area contributed by atoms with Gasteiger partial charge in [-0.05, 0) is 25.5 Å². The Bertz CT molecular complexity index is 541. The summed E-state index contributed by atoms with van der Waals surface area (Å²) >= 11 is 0. The van der Waals surface area contributed by atoms with Crippen LogP contribution in [0, 0.1) is 12.3 Å². The number of aryl methyl sites for hydroxylation is 1. The molecule has 0 bridgehead atoms. The minimum atomic E-state index is -0.0173. The van der Waals surface area contributed by atoms with Gasteiger partial charge < -0.3 is 10.2 Å². The molecule has 2 aliphatic heterocycles. The molecule has 3 rings (SSSR count). The van der Waals surface area contributed by atoms with Gasteiger partial charge in [0.2, 0.25) is 5.91 Å². The number of carbonyl (C=O) groups excluding carboxylic acids is 2. The van der Waals surface area contributed by atoms with Gasteiger partial charge in [-0.2, -0.15) is 0 Å². The van der Waals surface area contributed by atoms with E-state index in [4.69, 9.17) is 0 Å². The number of nitrogens with zero attached hydrogens (tertiary/aromatic N) is 1. The standard InChI is InChI=1S/C15H18N2O2/c1-11-3-2-4-12(7-11)14(19)17-6-5-15(10-17)8-13(18)16-9-15/h2-4,7H,5-6,8-10H2,1H3,(H,16,18). The second kappa shape index (κ2) is 4.37. The van der Waals surface area contributed by atoms with Crippen molar-refractivity contribution in [3.63, 3.8) is 0 Å². The normalized spacial score (nSPS) is 25.9. The fourth-order valence-electron chi connectivity index (χ4n) is 3.11. The van der Waals surface area contributed by atoms with Crippen LogP contribution in [-0.2, 0) is 4.79 Å². The van der Waals surface area contributed by atoms with E-state index in [1.165, 1.54) is 0 Å². The van der Waals surface area contributed by atoms with Gasteiger partial charge >= 0.3 is 0 Å². The molecule has 100 valence electrons. The van der Waals surface area contributed by atoms with Crippen molar-refractivity contribution in [2.75, 3.05) is 19.6 Å². The van der Waals surface area contributed by atoms with Crippen LogP contribution in [0.5, 0.6) is 0 Å². The Kier molecular flexibility index (Phi) is 2.81. The number of likely N-dealkylation sites (tertiary alicyclic amines) is 1. The maximum absolute atomic E-state index is 12.4. The van der Waals surface area contributed by atoms with Crippen molar-refractivity contribution in [3.8, 4) is 0 Å². The molecule has 1 aromatic rings. The third-order valence-corrected chi connectivity index (χ3v) is 4.19. The Labute approximate surface area is 112 Å². The third kappa shape index (κ3) is 2.23. The van der Waals surface area contributed by atoms with Crippen molar-refractivity contribution < 1.29 is 9.59 Å². The largest absolute Gasteiger partial charge is 0.355 e. The van der Waals surface area contributed by atoms with E-state index >= 15 is 0 Å². The van der Waals surface area contributed by atoms with Crippen LogP contribution >= 0.6 is 0 Å². The molecule has 2 amide bonds. The van der Waals surface area contributed by atoms with Gasteiger partial charge in [-0.1, -0.05) is 17.7 Å². The van der Waals surface area contributed by atoms with Crippen molar-refractivity contribution in [1.29, 1.82) is 0 Å². The third-order valence-electron chi connectivity index (χ3n) is 4.19. The molecule has 2 saturated heterocycles. The first-order chi connectivity index (χ1) is 9.08. The lowest BCUT2D eigenvalue weighted by molar-refractivity contribution is -0.119. The van der Waals surface area contributed by atoms with Gasteiger partial charge in [0, 0.05) is 37.0 Å². The molecule has 4 nitrogen and oxygen atoms in total. The number of benzene rings is 1. The average molecular weight is 258 g/mol. The molecule has 2 heterocycles. The summed E-state index contributed by atoms with van der Waals surface area (Å²) in [5.74, 6) is 0.199. The first kappa shape index (κ1) is 12.2. The summed E-state index contributed by atoms with van der Waals surface area (Å²) in [5.41, 5.74) is 1.82. The Balaban J connectivity index is 1.74. The summed E-state index contributed by atoms with van der Waals surface area (Å²) in [4.78, 5) is 25.7. The molecular weight excluding hydrogens is 240 g/mol. The molecule has 1 atom stereocenters. The fourth-order valence-corrected chi connectivity index (χ4v) is 3.11. The number of rotatable bonds is 1. The van der Waals surface area contributed by atoms with Gasteiger partial charge in [-0.15, -0.1) is 0 Å². The summed E-state index contributed by atoms with van der Waals surface area (Å²) < 4.78 is 0. The van der Waals surface area contributed by atoms with E-state index in [1.807, 2.05) is 36.1 Å². The monoisotopic (exact) mass is 258 g/mol. The smallest absolute Gasteiger partial charge is 0.253 e. The summed E-state index contributed by atoms with van der Waals surface area (Å²) in [6.07, 6.45) is 1.48. The quantitative estimate of drug-likeness (QED) is 0.826. The number of hydrogen-bond donors (Lipinski definition) is 1. The van der Waals surface area contributed by atoms with Crippen molar-refractivity contribution >= 4 is 11.8 Å². The molecule has 2 aliphatic rings. The van der Waals surface area contributed by atoms with E-state index in [0.29, 0.717) is 19.5 Å². The highest BCUT2D eigenvalue weighted by molar-refractivity contribution is 5.94. The number of carbonyl (C=O) groups is 2. The van der Waals surface area contributed by atoms with Crippen molar-refractivity contribution in [3.05, 3.63) is 35.4 Å². The molecule has 0 radical (unpaired) electrons. The van der Waals surface area contributed by atoms with E-state index in [-0.39, 0.29) is 17.2 Å². The highest BCUT2D eigenvalue weighted by Crippen LogP contribution is 2.37. The molecule has 0 aliphatic carbocycles. The van der Waals surface area contributed by atoms with Gasteiger partial charge in [0.25, 0.3) is 5.91 Å². The predicted octanol–water partition coefficient (Wildman–Crippen LogP) is 1.35. The second-order valence-corrected chi connectivity index (χ2v) is 5.80. The zero-order valence-corrected chi connectivity index (χ0v) is 11.1. The van der Waals surface area contributed by atoms with Crippen LogP contribution in [0.2, 0.25) is 0 Å². The van der Waals surface area contributed by atoms with Crippen molar-refractivity contribution in [1.82, 2.24) is 10.2 Å². The van der Waals surface area contributed by atoms with Crippen LogP contribution < -0.4 is 5.32 Å². The molecule has 1 spiro atoms. The fraction of sp³-hybridized carbons (Fsp3) is 0.467. The van der Waals surface area contributed by atoms with Gasteiger partial charge in [-0.25, -0.2) is 0 Å². The summed E-state index contributed by atoms with van der Waals surface area (Å²) in [5, 5.41) is 2.88. The molecular formula is C15H18N2O2. The molecule has 19 heavy (non-hydrogen) atoms. The minimum absolute atomic E-state index is 0.0173. The SMILES string of the molecule is Cc1cccc(C(=O)N2CCC3(CNC(=O)C3)C2)c1. The Morgan fingerprint density at radius 1 is 1.42 bits per heavy atom. The average Bonchev–Trinajstić information content (AvgIpc) is 2.96. The highest BCUT2D eigenvalue weighted by atomic mass is 16.2. The zero-order valence-electron chi connectivity index (χ0n) is 11.1. The van der Waals surface area contributed by atoms with E-state index in [2.05, 4.69) is 5.32 Å². The van der Waals surface area contributed by atoms with Crippen LogP contribution in [0.25, 0.3) is 0 Å². The van der Waals surface area contributed by atoms with Gasteiger partial charge in [0.05, 0.1) is 0 Å². The van der Waals surface area contributed by atoms with E-state index in [0.717, 1.165) is 24.1 Å². The van der Waals surface area contributed by atoms with Crippen LogP contribution in [0.15, 0.2) is 24.3 Å². The minimum Gasteiger partial charge on any atom is -0.355 e. The van der Waals surface area contributed by atoms with E-state index in [1.54, 1.807) is 0 Å². The maximum atomic E-state index is 12.4.